The van der Waals surface area contributed by atoms with Crippen LogP contribution >= 0.6 is 0 Å². The Bertz CT molecular complexity index is 1310. The van der Waals surface area contributed by atoms with Crippen molar-refractivity contribution < 1.29 is 36.9 Å². The molecule has 10 heteroatoms. The number of alkyl halides is 3. The molecule has 1 spiro atoms. The Kier molecular flexibility index (Phi) is 4.50. The van der Waals surface area contributed by atoms with E-state index in [1.54, 1.807) is 36.4 Å². The minimum Gasteiger partial charge on any atom is -0.486 e. The van der Waals surface area contributed by atoms with Gasteiger partial charge in [0.2, 0.25) is 5.60 Å². The number of carbonyl (C=O) groups is 1. The van der Waals surface area contributed by atoms with E-state index < -0.39 is 23.2 Å². The summed E-state index contributed by atoms with van der Waals surface area (Å²) >= 11 is 0. The molecule has 0 saturated carbocycles. The molecule has 3 aliphatic heterocycles. The van der Waals surface area contributed by atoms with Crippen molar-refractivity contribution >= 4 is 11.6 Å². The van der Waals surface area contributed by atoms with Crippen LogP contribution in [0, 0.1) is 0 Å². The Morgan fingerprint density at radius 2 is 1.71 bits per heavy atom. The highest BCUT2D eigenvalue weighted by molar-refractivity contribution is 6.09. The summed E-state index contributed by atoms with van der Waals surface area (Å²) in [5.74, 6) is 0.773. The molecule has 0 bridgehead atoms. The van der Waals surface area contributed by atoms with Crippen molar-refractivity contribution in [2.75, 3.05) is 24.9 Å². The Morgan fingerprint density at radius 3 is 2.50 bits per heavy atom. The van der Waals surface area contributed by atoms with Crippen molar-refractivity contribution in [3.05, 3.63) is 77.1 Å². The highest BCUT2D eigenvalue weighted by Crippen LogP contribution is 2.54. The third-order valence-corrected chi connectivity index (χ3v) is 6.14. The SMILES string of the molecule is O=C1N(Cc2ncccc2C(F)(F)F)c2ccccc2C12OCOc1cc3c(cc12)OCCO3. The molecule has 1 unspecified atom stereocenters. The summed E-state index contributed by atoms with van der Waals surface area (Å²) in [6.45, 7) is 0.126. The predicted octanol–water partition coefficient (Wildman–Crippen LogP) is 4.03. The fraction of sp³-hybridized carbons (Fsp3) is 0.250. The molecule has 1 atom stereocenters. The summed E-state index contributed by atoms with van der Waals surface area (Å²) in [5.41, 5.74) is -1.41. The van der Waals surface area contributed by atoms with Crippen LogP contribution in [0.4, 0.5) is 18.9 Å². The highest BCUT2D eigenvalue weighted by Gasteiger charge is 2.57. The lowest BCUT2D eigenvalue weighted by molar-refractivity contribution is -0.153. The van der Waals surface area contributed by atoms with Gasteiger partial charge in [-0.05, 0) is 24.3 Å². The van der Waals surface area contributed by atoms with Crippen molar-refractivity contribution in [1.29, 1.82) is 0 Å². The Morgan fingerprint density at radius 1 is 0.941 bits per heavy atom. The first kappa shape index (κ1) is 20.8. The first-order valence-electron chi connectivity index (χ1n) is 10.5. The zero-order chi connectivity index (χ0) is 23.5. The van der Waals surface area contributed by atoms with Gasteiger partial charge in [-0.2, -0.15) is 13.2 Å². The number of amides is 1. The van der Waals surface area contributed by atoms with Gasteiger partial charge in [0, 0.05) is 23.4 Å². The largest absolute Gasteiger partial charge is 0.486 e. The van der Waals surface area contributed by atoms with Gasteiger partial charge in [-0.25, -0.2) is 0 Å². The Hall–Kier alpha value is -3.79. The number of hydrogen-bond donors (Lipinski definition) is 0. The zero-order valence-corrected chi connectivity index (χ0v) is 17.6. The minimum absolute atomic E-state index is 0.224. The third kappa shape index (κ3) is 2.95. The van der Waals surface area contributed by atoms with Gasteiger partial charge in [0.05, 0.1) is 23.5 Å². The number of halogens is 3. The molecule has 3 aliphatic rings. The summed E-state index contributed by atoms with van der Waals surface area (Å²) in [6.07, 6.45) is -3.33. The third-order valence-electron chi connectivity index (χ3n) is 6.14. The summed E-state index contributed by atoms with van der Waals surface area (Å²) in [5, 5.41) is 0. The van der Waals surface area contributed by atoms with E-state index in [1.165, 1.54) is 17.2 Å². The van der Waals surface area contributed by atoms with E-state index in [4.69, 9.17) is 18.9 Å². The number of carbonyl (C=O) groups excluding carboxylic acids is 1. The molecule has 2 aromatic carbocycles. The number of ether oxygens (including phenoxy) is 4. The summed E-state index contributed by atoms with van der Waals surface area (Å²) in [4.78, 5) is 19.2. The van der Waals surface area contributed by atoms with Crippen LogP contribution in [0.5, 0.6) is 17.2 Å². The van der Waals surface area contributed by atoms with Gasteiger partial charge in [0.15, 0.2) is 18.3 Å². The Balaban J connectivity index is 1.50. The molecule has 174 valence electrons. The van der Waals surface area contributed by atoms with E-state index in [9.17, 15) is 18.0 Å². The number of anilines is 1. The highest BCUT2D eigenvalue weighted by atomic mass is 19.4. The van der Waals surface area contributed by atoms with E-state index in [0.717, 1.165) is 6.07 Å². The molecule has 34 heavy (non-hydrogen) atoms. The van der Waals surface area contributed by atoms with Crippen molar-refractivity contribution in [3.8, 4) is 17.2 Å². The number of hydrogen-bond acceptors (Lipinski definition) is 6. The summed E-state index contributed by atoms with van der Waals surface area (Å²) < 4.78 is 63.8. The van der Waals surface area contributed by atoms with Crippen molar-refractivity contribution in [1.82, 2.24) is 4.98 Å². The molecule has 3 aromatic rings. The molecule has 0 fully saturated rings. The number of para-hydroxylation sites is 1. The molecule has 4 heterocycles. The average Bonchev–Trinajstić information content (AvgIpc) is 3.06. The molecule has 1 amide bonds. The van der Waals surface area contributed by atoms with Gasteiger partial charge < -0.3 is 23.8 Å². The number of aromatic nitrogens is 1. The zero-order valence-electron chi connectivity index (χ0n) is 17.6. The number of benzene rings is 2. The quantitative estimate of drug-likeness (QED) is 0.564. The van der Waals surface area contributed by atoms with E-state index in [1.807, 2.05) is 0 Å². The van der Waals surface area contributed by atoms with E-state index >= 15 is 0 Å². The van der Waals surface area contributed by atoms with Gasteiger partial charge in [-0.1, -0.05) is 18.2 Å². The molecule has 0 saturated heterocycles. The van der Waals surface area contributed by atoms with Crippen LogP contribution in [-0.4, -0.2) is 30.9 Å². The first-order chi connectivity index (χ1) is 16.4. The van der Waals surface area contributed by atoms with Crippen LogP contribution in [0.3, 0.4) is 0 Å². The minimum atomic E-state index is -4.61. The molecular formula is C24H17F3N2O5. The lowest BCUT2D eigenvalue weighted by Crippen LogP contribution is -2.46. The van der Waals surface area contributed by atoms with Crippen molar-refractivity contribution in [2.24, 2.45) is 0 Å². The van der Waals surface area contributed by atoms with Crippen LogP contribution in [-0.2, 0) is 27.9 Å². The van der Waals surface area contributed by atoms with Crippen LogP contribution in [0.15, 0.2) is 54.7 Å². The fourth-order valence-corrected chi connectivity index (χ4v) is 4.67. The summed E-state index contributed by atoms with van der Waals surface area (Å²) in [6, 6.07) is 12.3. The Labute approximate surface area is 191 Å². The molecule has 0 radical (unpaired) electrons. The second-order valence-corrected chi connectivity index (χ2v) is 7.98. The standard InChI is InChI=1S/C24H17F3N2O5/c25-24(26,27)14-5-3-7-28-17(14)12-29-18-6-2-1-4-15(18)23(22(29)30)16-10-20-21(32-9-8-31-20)11-19(16)33-13-34-23/h1-7,10-11H,8-9,12-13H2. The first-order valence-corrected chi connectivity index (χ1v) is 10.5. The maximum Gasteiger partial charge on any atom is 0.418 e. The molecular weight excluding hydrogens is 453 g/mol. The monoisotopic (exact) mass is 470 g/mol. The number of fused-ring (bicyclic) bond motifs is 5. The lowest BCUT2D eigenvalue weighted by Gasteiger charge is -2.35. The van der Waals surface area contributed by atoms with E-state index in [0.29, 0.717) is 47.3 Å². The average molecular weight is 470 g/mol. The fourth-order valence-electron chi connectivity index (χ4n) is 4.67. The van der Waals surface area contributed by atoms with Gasteiger partial charge in [0.25, 0.3) is 5.91 Å². The van der Waals surface area contributed by atoms with Gasteiger partial charge in [-0.3, -0.25) is 9.78 Å². The maximum atomic E-state index is 14.0. The molecule has 1 aromatic heterocycles. The number of nitrogens with zero attached hydrogens (tertiary/aromatic N) is 2. The van der Waals surface area contributed by atoms with Crippen molar-refractivity contribution in [2.45, 2.75) is 18.3 Å². The topological polar surface area (TPSA) is 70.1 Å². The maximum absolute atomic E-state index is 14.0. The van der Waals surface area contributed by atoms with Gasteiger partial charge >= 0.3 is 6.18 Å². The van der Waals surface area contributed by atoms with Crippen LogP contribution in [0.2, 0.25) is 0 Å². The predicted molar refractivity (Wildman–Crippen MR) is 112 cm³/mol. The second kappa shape index (κ2) is 7.36. The molecule has 0 aliphatic carbocycles. The van der Waals surface area contributed by atoms with Gasteiger partial charge in [-0.15, -0.1) is 0 Å². The molecule has 7 nitrogen and oxygen atoms in total. The van der Waals surface area contributed by atoms with Crippen LogP contribution in [0.25, 0.3) is 0 Å². The number of rotatable bonds is 2. The van der Waals surface area contributed by atoms with Gasteiger partial charge in [0.1, 0.15) is 19.0 Å². The van der Waals surface area contributed by atoms with Crippen LogP contribution in [0.1, 0.15) is 22.4 Å². The van der Waals surface area contributed by atoms with E-state index in [-0.39, 0.29) is 19.0 Å². The molecule has 6 rings (SSSR count). The normalized spacial score (nSPS) is 20.7. The summed E-state index contributed by atoms with van der Waals surface area (Å²) in [7, 11) is 0. The number of pyridine rings is 1. The van der Waals surface area contributed by atoms with Crippen LogP contribution < -0.4 is 19.1 Å². The van der Waals surface area contributed by atoms with E-state index in [2.05, 4.69) is 4.98 Å². The van der Waals surface area contributed by atoms with Crippen molar-refractivity contribution in [3.63, 3.8) is 0 Å². The lowest BCUT2D eigenvalue weighted by atomic mass is 9.85. The second-order valence-electron chi connectivity index (χ2n) is 7.98. The molecule has 0 N–H and O–H groups in total. The smallest absolute Gasteiger partial charge is 0.418 e.